The minimum Gasteiger partial charge on any atom is -0.352 e. The van der Waals surface area contributed by atoms with Crippen LogP contribution in [0, 0.1) is 0 Å². The molecule has 0 spiro atoms. The lowest BCUT2D eigenvalue weighted by Crippen LogP contribution is -2.26. The van der Waals surface area contributed by atoms with E-state index in [4.69, 9.17) is 0 Å². The third-order valence-corrected chi connectivity index (χ3v) is 8.92. The number of amides is 1. The number of nitrogens with one attached hydrogen (secondary N) is 2. The standard InChI is InChI=1S/C26H31N3O5S2/c1-29(2)36(33,34)25-15-10-23(11-16-25)20-27-26(30)17-12-22-8-13-24(14-9-22)35(31,32)28-19-18-21-6-4-3-5-7-21/h3-11,13-16,28H,12,17-20H2,1-2H3,(H,27,30). The molecule has 2 N–H and O–H groups in total. The van der Waals surface area contributed by atoms with Crippen LogP contribution in [0.4, 0.5) is 0 Å². The van der Waals surface area contributed by atoms with Gasteiger partial charge in [-0.05, 0) is 53.8 Å². The average Bonchev–Trinajstić information content (AvgIpc) is 2.87. The lowest BCUT2D eigenvalue weighted by atomic mass is 10.1. The lowest BCUT2D eigenvalue weighted by Gasteiger charge is -2.12. The predicted molar refractivity (Wildman–Crippen MR) is 139 cm³/mol. The van der Waals surface area contributed by atoms with Gasteiger partial charge in [0.15, 0.2) is 0 Å². The second-order valence-corrected chi connectivity index (χ2v) is 12.4. The van der Waals surface area contributed by atoms with Crippen molar-refractivity contribution >= 4 is 26.0 Å². The minimum atomic E-state index is -3.60. The largest absolute Gasteiger partial charge is 0.352 e. The summed E-state index contributed by atoms with van der Waals surface area (Å²) < 4.78 is 53.0. The zero-order valence-corrected chi connectivity index (χ0v) is 22.0. The molecule has 1 amide bonds. The first kappa shape index (κ1) is 27.5. The predicted octanol–water partition coefficient (Wildman–Crippen LogP) is 2.71. The van der Waals surface area contributed by atoms with Gasteiger partial charge in [0.05, 0.1) is 9.79 Å². The average molecular weight is 530 g/mol. The molecule has 8 nitrogen and oxygen atoms in total. The van der Waals surface area contributed by atoms with Crippen LogP contribution in [0.25, 0.3) is 0 Å². The van der Waals surface area contributed by atoms with E-state index in [1.807, 2.05) is 30.3 Å². The number of carbonyl (C=O) groups excluding carboxylic acids is 1. The number of hydrogen-bond acceptors (Lipinski definition) is 5. The summed E-state index contributed by atoms with van der Waals surface area (Å²) in [6, 6.07) is 22.5. The van der Waals surface area contributed by atoms with Crippen LogP contribution in [0.15, 0.2) is 88.7 Å². The molecule has 0 atom stereocenters. The molecule has 0 aliphatic carbocycles. The Labute approximate surface area is 213 Å². The molecule has 0 aromatic heterocycles. The fourth-order valence-corrected chi connectivity index (χ4v) is 5.36. The Kier molecular flexibility index (Phi) is 9.38. The Balaban J connectivity index is 1.44. The number of carbonyl (C=O) groups is 1. The summed E-state index contributed by atoms with van der Waals surface area (Å²) in [5.74, 6) is -0.153. The van der Waals surface area contributed by atoms with Gasteiger partial charge >= 0.3 is 0 Å². The molecule has 0 bridgehead atoms. The molecule has 0 radical (unpaired) electrons. The van der Waals surface area contributed by atoms with Crippen LogP contribution in [0.2, 0.25) is 0 Å². The van der Waals surface area contributed by atoms with Crippen LogP contribution >= 0.6 is 0 Å². The summed E-state index contributed by atoms with van der Waals surface area (Å²) in [5.41, 5.74) is 2.70. The molecule has 36 heavy (non-hydrogen) atoms. The van der Waals surface area contributed by atoms with Crippen molar-refractivity contribution in [3.05, 3.63) is 95.6 Å². The number of hydrogen-bond donors (Lipinski definition) is 2. The van der Waals surface area contributed by atoms with Crippen molar-refractivity contribution in [2.45, 2.75) is 35.6 Å². The van der Waals surface area contributed by atoms with E-state index in [0.717, 1.165) is 21.0 Å². The van der Waals surface area contributed by atoms with Crippen molar-refractivity contribution in [2.75, 3.05) is 20.6 Å². The highest BCUT2D eigenvalue weighted by Crippen LogP contribution is 2.15. The highest BCUT2D eigenvalue weighted by Gasteiger charge is 2.17. The van der Waals surface area contributed by atoms with Gasteiger partial charge < -0.3 is 5.32 Å². The van der Waals surface area contributed by atoms with Crippen molar-refractivity contribution in [3.63, 3.8) is 0 Å². The zero-order chi connectivity index (χ0) is 26.2. The van der Waals surface area contributed by atoms with Crippen LogP contribution in [-0.2, 0) is 44.2 Å². The molecule has 3 aromatic rings. The SMILES string of the molecule is CN(C)S(=O)(=O)c1ccc(CNC(=O)CCc2ccc(S(=O)(=O)NCCc3ccccc3)cc2)cc1. The molecular formula is C26H31N3O5S2. The Morgan fingerprint density at radius 1 is 0.722 bits per heavy atom. The Hall–Kier alpha value is -3.05. The molecule has 0 unspecified atom stereocenters. The maximum atomic E-state index is 12.5. The minimum absolute atomic E-state index is 0.153. The van der Waals surface area contributed by atoms with E-state index < -0.39 is 20.0 Å². The molecule has 0 saturated heterocycles. The molecule has 3 rings (SSSR count). The summed E-state index contributed by atoms with van der Waals surface area (Å²) >= 11 is 0. The quantitative estimate of drug-likeness (QED) is 0.375. The fourth-order valence-electron chi connectivity index (χ4n) is 3.43. The first-order valence-electron chi connectivity index (χ1n) is 11.5. The second-order valence-electron chi connectivity index (χ2n) is 8.49. The van der Waals surface area contributed by atoms with Crippen molar-refractivity contribution in [1.82, 2.24) is 14.3 Å². The van der Waals surface area contributed by atoms with Gasteiger partial charge in [-0.2, -0.15) is 0 Å². The van der Waals surface area contributed by atoms with E-state index >= 15 is 0 Å². The van der Waals surface area contributed by atoms with Gasteiger partial charge in [-0.15, -0.1) is 0 Å². The van der Waals surface area contributed by atoms with E-state index in [1.165, 1.54) is 26.2 Å². The van der Waals surface area contributed by atoms with Crippen LogP contribution in [0.5, 0.6) is 0 Å². The smallest absolute Gasteiger partial charge is 0.242 e. The van der Waals surface area contributed by atoms with Crippen LogP contribution in [-0.4, -0.2) is 47.7 Å². The maximum Gasteiger partial charge on any atom is 0.242 e. The number of rotatable bonds is 12. The molecule has 0 heterocycles. The topological polar surface area (TPSA) is 113 Å². The van der Waals surface area contributed by atoms with Gasteiger partial charge in [-0.25, -0.2) is 25.9 Å². The maximum absolute atomic E-state index is 12.5. The van der Waals surface area contributed by atoms with E-state index in [1.54, 1.807) is 36.4 Å². The normalized spacial score (nSPS) is 12.0. The van der Waals surface area contributed by atoms with Crippen LogP contribution in [0.1, 0.15) is 23.1 Å². The zero-order valence-electron chi connectivity index (χ0n) is 20.3. The van der Waals surface area contributed by atoms with E-state index in [2.05, 4.69) is 10.0 Å². The van der Waals surface area contributed by atoms with Gasteiger partial charge in [0.1, 0.15) is 0 Å². The summed E-state index contributed by atoms with van der Waals surface area (Å²) in [4.78, 5) is 12.6. The number of benzene rings is 3. The van der Waals surface area contributed by atoms with Gasteiger partial charge in [-0.1, -0.05) is 54.6 Å². The number of aryl methyl sites for hydroxylation is 1. The summed E-state index contributed by atoms with van der Waals surface area (Å²) in [7, 11) is -4.15. The molecule has 192 valence electrons. The second kappa shape index (κ2) is 12.3. The first-order chi connectivity index (χ1) is 17.1. The van der Waals surface area contributed by atoms with E-state index in [9.17, 15) is 21.6 Å². The number of nitrogens with zero attached hydrogens (tertiary/aromatic N) is 1. The Bertz CT molecular complexity index is 1360. The first-order valence-corrected chi connectivity index (χ1v) is 14.4. The summed E-state index contributed by atoms with van der Waals surface area (Å²) in [6.45, 7) is 0.593. The number of sulfonamides is 2. The molecule has 0 aliphatic rings. The third-order valence-electron chi connectivity index (χ3n) is 5.61. The van der Waals surface area contributed by atoms with Gasteiger partial charge in [0.25, 0.3) is 0 Å². The summed E-state index contributed by atoms with van der Waals surface area (Å²) in [6.07, 6.45) is 1.31. The van der Waals surface area contributed by atoms with Crippen molar-refractivity contribution in [1.29, 1.82) is 0 Å². The molecule has 0 saturated carbocycles. The Morgan fingerprint density at radius 3 is 1.89 bits per heavy atom. The van der Waals surface area contributed by atoms with E-state index in [0.29, 0.717) is 19.4 Å². The van der Waals surface area contributed by atoms with Gasteiger partial charge in [-0.3, -0.25) is 4.79 Å². The van der Waals surface area contributed by atoms with E-state index in [-0.39, 0.29) is 28.7 Å². The fraction of sp³-hybridized carbons (Fsp3) is 0.269. The molecular weight excluding hydrogens is 498 g/mol. The monoisotopic (exact) mass is 529 g/mol. The van der Waals surface area contributed by atoms with Crippen LogP contribution in [0.3, 0.4) is 0 Å². The highest BCUT2D eigenvalue weighted by atomic mass is 32.2. The molecule has 0 aliphatic heterocycles. The van der Waals surface area contributed by atoms with Gasteiger partial charge in [0.2, 0.25) is 26.0 Å². The molecule has 0 fully saturated rings. The van der Waals surface area contributed by atoms with Gasteiger partial charge in [0, 0.05) is 33.6 Å². The van der Waals surface area contributed by atoms with Crippen molar-refractivity contribution in [3.8, 4) is 0 Å². The van der Waals surface area contributed by atoms with Crippen molar-refractivity contribution < 1.29 is 21.6 Å². The van der Waals surface area contributed by atoms with Crippen LogP contribution < -0.4 is 10.0 Å². The molecule has 3 aromatic carbocycles. The lowest BCUT2D eigenvalue weighted by molar-refractivity contribution is -0.121. The third kappa shape index (κ3) is 7.72. The summed E-state index contributed by atoms with van der Waals surface area (Å²) in [5, 5.41) is 2.82. The van der Waals surface area contributed by atoms with Crippen molar-refractivity contribution in [2.24, 2.45) is 0 Å². The molecule has 10 heteroatoms. The highest BCUT2D eigenvalue weighted by molar-refractivity contribution is 7.89. The Morgan fingerprint density at radius 2 is 1.28 bits per heavy atom.